The third-order valence-electron chi connectivity index (χ3n) is 7.40. The molecular weight excluding hydrogens is 456 g/mol. The summed E-state index contributed by atoms with van der Waals surface area (Å²) >= 11 is 0. The number of nitrogens with zero attached hydrogens (tertiary/aromatic N) is 7. The van der Waals surface area contributed by atoms with Gasteiger partial charge in [0.05, 0.1) is 18.5 Å². The van der Waals surface area contributed by atoms with Crippen LogP contribution in [-0.2, 0) is 0 Å². The molecule has 0 bridgehead atoms. The van der Waals surface area contributed by atoms with Crippen molar-refractivity contribution in [1.29, 1.82) is 0 Å². The average molecular weight is 493 g/mol. The fourth-order valence-corrected chi connectivity index (χ4v) is 5.45. The number of fused-ring (bicyclic) bond motifs is 1. The van der Waals surface area contributed by atoms with Crippen molar-refractivity contribution < 1.29 is 9.90 Å². The number of aromatic nitrogens is 4. The monoisotopic (exact) mass is 492 g/mol. The number of β-amino-alcohol motifs (C(OH)–C–C–N with tert-alkyl or cyclic N) is 1. The number of hydrogen-bond donors (Lipinski definition) is 2. The van der Waals surface area contributed by atoms with Crippen molar-refractivity contribution in [2.45, 2.75) is 44.7 Å². The van der Waals surface area contributed by atoms with Gasteiger partial charge in [-0.2, -0.15) is 4.98 Å². The summed E-state index contributed by atoms with van der Waals surface area (Å²) in [5.41, 5.74) is 2.54. The first-order chi connectivity index (χ1) is 17.4. The minimum atomic E-state index is -0.0156. The van der Waals surface area contributed by atoms with Gasteiger partial charge >= 0.3 is 0 Å². The van der Waals surface area contributed by atoms with E-state index < -0.39 is 0 Å². The minimum Gasteiger partial charge on any atom is -0.395 e. The van der Waals surface area contributed by atoms with Crippen LogP contribution in [0.25, 0.3) is 11.0 Å². The molecular formula is C26H36N8O2. The second kappa shape index (κ2) is 10.4. The van der Waals surface area contributed by atoms with Crippen molar-refractivity contribution in [3.8, 4) is 0 Å². The highest BCUT2D eigenvalue weighted by Crippen LogP contribution is 2.35. The first-order valence-electron chi connectivity index (χ1n) is 12.9. The quantitative estimate of drug-likeness (QED) is 0.519. The number of carbonyl (C=O) groups is 1. The Balaban J connectivity index is 1.35. The number of hydrogen-bond acceptors (Lipinski definition) is 8. The summed E-state index contributed by atoms with van der Waals surface area (Å²) in [6.07, 6.45) is 8.11. The topological polar surface area (TPSA) is 103 Å². The predicted octanol–water partition coefficient (Wildman–Crippen LogP) is 2.89. The number of pyridine rings is 1. The molecule has 0 aromatic carbocycles. The Bertz CT molecular complexity index is 1200. The summed E-state index contributed by atoms with van der Waals surface area (Å²) in [5, 5.41) is 13.4. The molecule has 0 radical (unpaired) electrons. The summed E-state index contributed by atoms with van der Waals surface area (Å²) in [5.74, 6) is 1.13. The number of aliphatic hydroxyl groups is 1. The van der Waals surface area contributed by atoms with Gasteiger partial charge in [0.25, 0.3) is 5.91 Å². The molecule has 1 aliphatic heterocycles. The molecule has 192 valence electrons. The molecule has 1 amide bonds. The van der Waals surface area contributed by atoms with Crippen molar-refractivity contribution in [2.24, 2.45) is 0 Å². The van der Waals surface area contributed by atoms with Crippen molar-refractivity contribution in [3.63, 3.8) is 0 Å². The Hall–Kier alpha value is -3.24. The lowest BCUT2D eigenvalue weighted by molar-refractivity contribution is 0.0815. The molecule has 0 unspecified atom stereocenters. The van der Waals surface area contributed by atoms with Crippen LogP contribution in [0.4, 0.5) is 17.5 Å². The summed E-state index contributed by atoms with van der Waals surface area (Å²) < 4.78 is 2.12. The van der Waals surface area contributed by atoms with Crippen LogP contribution < -0.4 is 10.2 Å². The largest absolute Gasteiger partial charge is 0.395 e. The van der Waals surface area contributed by atoms with Crippen molar-refractivity contribution in [1.82, 2.24) is 29.3 Å². The number of anilines is 3. The van der Waals surface area contributed by atoms with Crippen LogP contribution in [0.3, 0.4) is 0 Å². The molecule has 2 N–H and O–H groups in total. The Morgan fingerprint density at radius 3 is 2.64 bits per heavy atom. The van der Waals surface area contributed by atoms with E-state index in [9.17, 15) is 9.90 Å². The van der Waals surface area contributed by atoms with Crippen molar-refractivity contribution in [2.75, 3.05) is 57.1 Å². The zero-order valence-electron chi connectivity index (χ0n) is 21.4. The molecule has 1 aliphatic carbocycles. The highest BCUT2D eigenvalue weighted by Gasteiger charge is 2.27. The number of aliphatic hydroxyl groups excluding tert-OH is 1. The Morgan fingerprint density at radius 2 is 1.97 bits per heavy atom. The van der Waals surface area contributed by atoms with E-state index in [1.807, 2.05) is 18.3 Å². The van der Waals surface area contributed by atoms with Gasteiger partial charge in [-0.25, -0.2) is 9.97 Å². The second-order valence-electron chi connectivity index (χ2n) is 10.1. The summed E-state index contributed by atoms with van der Waals surface area (Å²) in [6.45, 7) is 5.84. The van der Waals surface area contributed by atoms with Gasteiger partial charge in [-0.05, 0) is 38.0 Å². The van der Waals surface area contributed by atoms with E-state index in [4.69, 9.17) is 4.98 Å². The van der Waals surface area contributed by atoms with Crippen LogP contribution in [0.1, 0.15) is 49.1 Å². The average Bonchev–Trinajstić information content (AvgIpc) is 3.53. The third-order valence-corrected chi connectivity index (χ3v) is 7.40. The number of piperazine rings is 1. The van der Waals surface area contributed by atoms with Crippen LogP contribution in [0.2, 0.25) is 0 Å². The highest BCUT2D eigenvalue weighted by molar-refractivity contribution is 5.97. The van der Waals surface area contributed by atoms with Crippen LogP contribution in [0.5, 0.6) is 0 Å². The molecule has 5 rings (SSSR count). The SMILES string of the molecule is C[C@@H]1CN(c2ccc(Nc3ncc4cc(C(=O)N(C)C)n(C5CCCC5)c4n3)nc2)CCN1CCO. The van der Waals surface area contributed by atoms with Gasteiger partial charge in [-0.1, -0.05) is 12.8 Å². The second-order valence-corrected chi connectivity index (χ2v) is 10.1. The lowest BCUT2D eigenvalue weighted by Gasteiger charge is -2.40. The highest BCUT2D eigenvalue weighted by atomic mass is 16.3. The maximum Gasteiger partial charge on any atom is 0.270 e. The van der Waals surface area contributed by atoms with E-state index in [1.165, 1.54) is 12.8 Å². The van der Waals surface area contributed by atoms with Gasteiger partial charge in [-0.3, -0.25) is 9.69 Å². The molecule has 10 heteroatoms. The van der Waals surface area contributed by atoms with Crippen LogP contribution >= 0.6 is 0 Å². The molecule has 4 heterocycles. The van der Waals surface area contributed by atoms with E-state index in [0.717, 1.165) is 55.7 Å². The number of nitrogens with one attached hydrogen (secondary N) is 1. The molecule has 1 saturated carbocycles. The molecule has 3 aromatic rings. The van der Waals surface area contributed by atoms with Gasteiger partial charge in [0.15, 0.2) is 0 Å². The van der Waals surface area contributed by atoms with Gasteiger partial charge in [0, 0.05) is 63.9 Å². The Morgan fingerprint density at radius 1 is 1.17 bits per heavy atom. The molecule has 2 aliphatic rings. The van der Waals surface area contributed by atoms with Crippen LogP contribution in [0.15, 0.2) is 30.6 Å². The molecule has 1 atom stereocenters. The van der Waals surface area contributed by atoms with Crippen LogP contribution in [-0.4, -0.2) is 93.3 Å². The maximum absolute atomic E-state index is 12.9. The zero-order valence-corrected chi connectivity index (χ0v) is 21.4. The first kappa shape index (κ1) is 24.5. The third kappa shape index (κ3) is 4.87. The van der Waals surface area contributed by atoms with Gasteiger partial charge < -0.3 is 24.8 Å². The molecule has 10 nitrogen and oxygen atoms in total. The molecule has 36 heavy (non-hydrogen) atoms. The molecule has 3 aromatic heterocycles. The normalized spacial score (nSPS) is 19.2. The van der Waals surface area contributed by atoms with E-state index >= 15 is 0 Å². The number of amides is 1. The predicted molar refractivity (Wildman–Crippen MR) is 141 cm³/mol. The molecule has 0 spiro atoms. The van der Waals surface area contributed by atoms with Crippen molar-refractivity contribution in [3.05, 3.63) is 36.3 Å². The summed E-state index contributed by atoms with van der Waals surface area (Å²) in [7, 11) is 3.56. The summed E-state index contributed by atoms with van der Waals surface area (Å²) in [6, 6.07) is 6.59. The zero-order chi connectivity index (χ0) is 25.2. The van der Waals surface area contributed by atoms with E-state index in [0.29, 0.717) is 23.5 Å². The standard InChI is InChI=1S/C26H36N8O2/c1-18-17-33(11-10-32(18)12-13-35)21-8-9-23(27-16-21)29-26-28-15-19-14-22(25(36)31(2)3)34(24(19)30-26)20-6-4-5-7-20/h8-9,14-16,18,20,35H,4-7,10-13,17H2,1-3H3,(H,27,28,29,30)/t18-/m1/s1. The first-order valence-corrected chi connectivity index (χ1v) is 12.9. The van der Waals surface area contributed by atoms with Gasteiger partial charge in [0.2, 0.25) is 5.95 Å². The van der Waals surface area contributed by atoms with Gasteiger partial charge in [0.1, 0.15) is 17.2 Å². The smallest absolute Gasteiger partial charge is 0.270 e. The van der Waals surface area contributed by atoms with E-state index in [2.05, 4.69) is 42.6 Å². The fraction of sp³-hybridized carbons (Fsp3) is 0.538. The minimum absolute atomic E-state index is 0.0156. The van der Waals surface area contributed by atoms with E-state index in [1.54, 1.807) is 25.2 Å². The maximum atomic E-state index is 12.9. The lowest BCUT2D eigenvalue weighted by atomic mass is 10.2. The van der Waals surface area contributed by atoms with Crippen LogP contribution in [0, 0.1) is 0 Å². The van der Waals surface area contributed by atoms with Crippen molar-refractivity contribution >= 4 is 34.4 Å². The van der Waals surface area contributed by atoms with Gasteiger partial charge in [-0.15, -0.1) is 0 Å². The molecule has 1 saturated heterocycles. The number of carbonyl (C=O) groups excluding carboxylic acids is 1. The Labute approximate surface area is 211 Å². The Kier molecular flexibility index (Phi) is 7.06. The lowest BCUT2D eigenvalue weighted by Crippen LogP contribution is -2.52. The number of rotatable bonds is 7. The van der Waals surface area contributed by atoms with E-state index in [-0.39, 0.29) is 18.6 Å². The fourth-order valence-electron chi connectivity index (χ4n) is 5.45. The molecule has 2 fully saturated rings. The summed E-state index contributed by atoms with van der Waals surface area (Å²) in [4.78, 5) is 33.1.